The van der Waals surface area contributed by atoms with Crippen molar-refractivity contribution in [2.24, 2.45) is 5.92 Å². The van der Waals surface area contributed by atoms with Crippen LogP contribution in [0.3, 0.4) is 0 Å². The first kappa shape index (κ1) is 15.9. The SMILES string of the molecule is CCC(CC)N(CC(C)C)S(=O)(=O)C1CCNC1. The standard InChI is InChI=1S/C13H28N2O2S/c1-5-12(6-2)15(10-11(3)4)18(16,17)13-7-8-14-9-13/h11-14H,5-10H2,1-4H3. The number of nitrogens with zero attached hydrogens (tertiary/aromatic N) is 1. The molecule has 0 aliphatic carbocycles. The van der Waals surface area contributed by atoms with Crippen LogP contribution in [0, 0.1) is 5.92 Å². The van der Waals surface area contributed by atoms with Gasteiger partial charge in [0.25, 0.3) is 0 Å². The molecule has 1 N–H and O–H groups in total. The Hall–Kier alpha value is -0.130. The van der Waals surface area contributed by atoms with E-state index in [0.29, 0.717) is 19.0 Å². The van der Waals surface area contributed by atoms with Crippen LogP contribution in [0.4, 0.5) is 0 Å². The summed E-state index contributed by atoms with van der Waals surface area (Å²) < 4.78 is 27.2. The van der Waals surface area contributed by atoms with Crippen LogP contribution in [0.15, 0.2) is 0 Å². The molecule has 0 spiro atoms. The van der Waals surface area contributed by atoms with Gasteiger partial charge in [0.15, 0.2) is 0 Å². The quantitative estimate of drug-likeness (QED) is 0.772. The van der Waals surface area contributed by atoms with E-state index in [4.69, 9.17) is 0 Å². The first-order valence-electron chi connectivity index (χ1n) is 7.14. The largest absolute Gasteiger partial charge is 0.315 e. The van der Waals surface area contributed by atoms with Crippen LogP contribution in [0.1, 0.15) is 47.0 Å². The van der Waals surface area contributed by atoms with Gasteiger partial charge in [-0.2, -0.15) is 4.31 Å². The molecule has 0 aromatic heterocycles. The van der Waals surface area contributed by atoms with Crippen molar-refractivity contribution in [1.82, 2.24) is 9.62 Å². The van der Waals surface area contributed by atoms with Crippen molar-refractivity contribution in [2.75, 3.05) is 19.6 Å². The summed E-state index contributed by atoms with van der Waals surface area (Å²) in [6.45, 7) is 10.4. The van der Waals surface area contributed by atoms with Gasteiger partial charge in [0.05, 0.1) is 5.25 Å². The molecule has 1 unspecified atom stereocenters. The predicted octanol–water partition coefficient (Wildman–Crippen LogP) is 1.82. The smallest absolute Gasteiger partial charge is 0.218 e. The number of sulfonamides is 1. The molecule has 4 nitrogen and oxygen atoms in total. The summed E-state index contributed by atoms with van der Waals surface area (Å²) in [4.78, 5) is 0. The molecule has 0 aromatic rings. The molecule has 0 aromatic carbocycles. The van der Waals surface area contributed by atoms with Gasteiger partial charge in [-0.25, -0.2) is 8.42 Å². The zero-order valence-corrected chi connectivity index (χ0v) is 13.0. The molecule has 1 heterocycles. The second kappa shape index (κ2) is 6.87. The molecular formula is C13H28N2O2S. The van der Waals surface area contributed by atoms with E-state index in [1.54, 1.807) is 4.31 Å². The van der Waals surface area contributed by atoms with Gasteiger partial charge < -0.3 is 5.32 Å². The fourth-order valence-corrected chi connectivity index (χ4v) is 4.94. The van der Waals surface area contributed by atoms with E-state index in [1.165, 1.54) is 0 Å². The highest BCUT2D eigenvalue weighted by Crippen LogP contribution is 2.22. The van der Waals surface area contributed by atoms with Gasteiger partial charge in [-0.15, -0.1) is 0 Å². The van der Waals surface area contributed by atoms with Crippen LogP contribution in [0.5, 0.6) is 0 Å². The van der Waals surface area contributed by atoms with Crippen LogP contribution in [0.2, 0.25) is 0 Å². The minimum Gasteiger partial charge on any atom is -0.315 e. The fraction of sp³-hybridized carbons (Fsp3) is 1.00. The molecule has 108 valence electrons. The van der Waals surface area contributed by atoms with Gasteiger partial charge in [-0.05, 0) is 31.7 Å². The van der Waals surface area contributed by atoms with E-state index >= 15 is 0 Å². The van der Waals surface area contributed by atoms with Crippen molar-refractivity contribution in [1.29, 1.82) is 0 Å². The van der Waals surface area contributed by atoms with Crippen LogP contribution in [-0.2, 0) is 10.0 Å². The molecule has 0 saturated carbocycles. The molecule has 1 aliphatic heterocycles. The van der Waals surface area contributed by atoms with E-state index < -0.39 is 10.0 Å². The highest BCUT2D eigenvalue weighted by molar-refractivity contribution is 7.89. The summed E-state index contributed by atoms with van der Waals surface area (Å²) in [5.41, 5.74) is 0. The van der Waals surface area contributed by atoms with Crippen molar-refractivity contribution in [3.05, 3.63) is 0 Å². The summed E-state index contributed by atoms with van der Waals surface area (Å²) in [5.74, 6) is 0.370. The number of hydrogen-bond acceptors (Lipinski definition) is 3. The van der Waals surface area contributed by atoms with Crippen molar-refractivity contribution >= 4 is 10.0 Å². The van der Waals surface area contributed by atoms with E-state index in [2.05, 4.69) is 33.0 Å². The maximum Gasteiger partial charge on any atom is 0.218 e. The molecule has 0 radical (unpaired) electrons. The third kappa shape index (κ3) is 3.68. The topological polar surface area (TPSA) is 49.4 Å². The lowest BCUT2D eigenvalue weighted by atomic mass is 10.1. The zero-order chi connectivity index (χ0) is 13.8. The molecule has 1 aliphatic rings. The molecule has 18 heavy (non-hydrogen) atoms. The van der Waals surface area contributed by atoms with Gasteiger partial charge >= 0.3 is 0 Å². The molecule has 0 bridgehead atoms. The van der Waals surface area contributed by atoms with E-state index in [-0.39, 0.29) is 11.3 Å². The lowest BCUT2D eigenvalue weighted by molar-refractivity contribution is 0.274. The average Bonchev–Trinajstić information content (AvgIpc) is 2.82. The fourth-order valence-electron chi connectivity index (χ4n) is 2.59. The van der Waals surface area contributed by atoms with Gasteiger partial charge in [-0.3, -0.25) is 0 Å². The van der Waals surface area contributed by atoms with Crippen LogP contribution >= 0.6 is 0 Å². The van der Waals surface area contributed by atoms with Gasteiger partial charge in [0.2, 0.25) is 10.0 Å². The second-order valence-corrected chi connectivity index (χ2v) is 7.76. The third-order valence-electron chi connectivity index (χ3n) is 3.66. The number of hydrogen-bond donors (Lipinski definition) is 1. The van der Waals surface area contributed by atoms with Crippen LogP contribution < -0.4 is 5.32 Å². The summed E-state index contributed by atoms with van der Waals surface area (Å²) in [6, 6.07) is 0.151. The predicted molar refractivity (Wildman–Crippen MR) is 76.1 cm³/mol. The Bertz CT molecular complexity index is 331. The maximum atomic E-state index is 12.7. The van der Waals surface area contributed by atoms with Crippen LogP contribution in [-0.4, -0.2) is 43.6 Å². The minimum atomic E-state index is -3.15. The van der Waals surface area contributed by atoms with Gasteiger partial charge in [-0.1, -0.05) is 27.7 Å². The number of nitrogens with one attached hydrogen (secondary N) is 1. The monoisotopic (exact) mass is 276 g/mol. The second-order valence-electron chi connectivity index (χ2n) is 5.59. The molecular weight excluding hydrogens is 248 g/mol. The molecule has 5 heteroatoms. The number of rotatable bonds is 7. The highest BCUT2D eigenvalue weighted by Gasteiger charge is 2.37. The van der Waals surface area contributed by atoms with Gasteiger partial charge in [0, 0.05) is 19.1 Å². The maximum absolute atomic E-state index is 12.7. The molecule has 0 amide bonds. The molecule has 1 saturated heterocycles. The highest BCUT2D eigenvalue weighted by atomic mass is 32.2. The Labute approximate surface area is 112 Å². The Kier molecular flexibility index (Phi) is 6.08. The summed E-state index contributed by atoms with van der Waals surface area (Å²) in [6.07, 6.45) is 2.53. The average molecular weight is 276 g/mol. The normalized spacial score (nSPS) is 21.4. The van der Waals surface area contributed by atoms with Crippen molar-refractivity contribution < 1.29 is 8.42 Å². The van der Waals surface area contributed by atoms with E-state index in [0.717, 1.165) is 25.8 Å². The lowest BCUT2D eigenvalue weighted by Crippen LogP contribution is -2.47. The first-order valence-corrected chi connectivity index (χ1v) is 8.65. The van der Waals surface area contributed by atoms with E-state index in [9.17, 15) is 8.42 Å². The molecule has 1 atom stereocenters. The summed E-state index contributed by atoms with van der Waals surface area (Å²) in [7, 11) is -3.15. The first-order chi connectivity index (χ1) is 8.43. The summed E-state index contributed by atoms with van der Waals surface area (Å²) >= 11 is 0. The lowest BCUT2D eigenvalue weighted by Gasteiger charge is -2.33. The van der Waals surface area contributed by atoms with Crippen molar-refractivity contribution in [3.63, 3.8) is 0 Å². The molecule has 1 fully saturated rings. The summed E-state index contributed by atoms with van der Waals surface area (Å²) in [5, 5.41) is 2.93. The minimum absolute atomic E-state index is 0.151. The van der Waals surface area contributed by atoms with Crippen LogP contribution in [0.25, 0.3) is 0 Å². The van der Waals surface area contributed by atoms with E-state index in [1.807, 2.05) is 0 Å². The van der Waals surface area contributed by atoms with Crippen molar-refractivity contribution in [3.8, 4) is 0 Å². The Balaban J connectivity index is 2.92. The van der Waals surface area contributed by atoms with Crippen molar-refractivity contribution in [2.45, 2.75) is 58.2 Å². The third-order valence-corrected chi connectivity index (χ3v) is 6.00. The Morgan fingerprint density at radius 2 is 1.89 bits per heavy atom. The zero-order valence-electron chi connectivity index (χ0n) is 12.1. The van der Waals surface area contributed by atoms with Gasteiger partial charge in [0.1, 0.15) is 0 Å². The Morgan fingerprint density at radius 3 is 2.28 bits per heavy atom. The Morgan fingerprint density at radius 1 is 1.28 bits per heavy atom. The molecule has 1 rings (SSSR count).